The number of aromatic nitrogens is 2. The van der Waals surface area contributed by atoms with Crippen LogP contribution in [-0.2, 0) is 6.42 Å². The van der Waals surface area contributed by atoms with Crippen LogP contribution in [0.1, 0.15) is 18.6 Å². The van der Waals surface area contributed by atoms with Crippen LogP contribution in [0.15, 0.2) is 17.2 Å². The molecule has 0 amide bonds. The number of nitrogens with zero attached hydrogens (tertiary/aromatic N) is 2. The topological polar surface area (TPSA) is 51.0 Å². The van der Waals surface area contributed by atoms with E-state index in [1.807, 2.05) is 19.9 Å². The van der Waals surface area contributed by atoms with Crippen molar-refractivity contribution in [3.05, 3.63) is 24.4 Å². The van der Waals surface area contributed by atoms with Crippen LogP contribution in [-0.4, -0.2) is 22.7 Å². The fourth-order valence-corrected chi connectivity index (χ4v) is 0.932. The molecule has 1 aromatic heterocycles. The average molecular weight is 181 g/mol. The molecule has 1 rings (SSSR count). The monoisotopic (exact) mass is 181 g/mol. The van der Waals surface area contributed by atoms with Crippen LogP contribution < -0.4 is 5.32 Å². The molecule has 0 aromatic carbocycles. The van der Waals surface area contributed by atoms with E-state index in [2.05, 4.69) is 22.0 Å². The standard InChI is InChI=1S/C9H15N3O/c1-4-7(2)10-6-5-9-11-8(3)12-13-9/h4,7,10H,1,5-6H2,2-3H3. The van der Waals surface area contributed by atoms with Gasteiger partial charge >= 0.3 is 0 Å². The number of hydrogen-bond acceptors (Lipinski definition) is 4. The normalized spacial score (nSPS) is 12.8. The van der Waals surface area contributed by atoms with Gasteiger partial charge in [0.25, 0.3) is 0 Å². The lowest BCUT2D eigenvalue weighted by molar-refractivity contribution is 0.371. The van der Waals surface area contributed by atoms with Crippen molar-refractivity contribution in [1.29, 1.82) is 0 Å². The SMILES string of the molecule is C=CC(C)NCCc1nc(C)no1. The van der Waals surface area contributed by atoms with Gasteiger partial charge < -0.3 is 9.84 Å². The van der Waals surface area contributed by atoms with Crippen molar-refractivity contribution in [2.75, 3.05) is 6.54 Å². The Morgan fingerprint density at radius 1 is 1.69 bits per heavy atom. The average Bonchev–Trinajstić information content (AvgIpc) is 2.51. The van der Waals surface area contributed by atoms with Crippen molar-refractivity contribution >= 4 is 0 Å². The second kappa shape index (κ2) is 4.77. The summed E-state index contributed by atoms with van der Waals surface area (Å²) in [6.07, 6.45) is 2.62. The van der Waals surface area contributed by atoms with Gasteiger partial charge in [0.15, 0.2) is 5.82 Å². The first-order chi connectivity index (χ1) is 6.22. The molecule has 0 saturated carbocycles. The summed E-state index contributed by atoms with van der Waals surface area (Å²) < 4.78 is 4.95. The molecular weight excluding hydrogens is 166 g/mol. The zero-order valence-electron chi connectivity index (χ0n) is 8.08. The Morgan fingerprint density at radius 2 is 2.46 bits per heavy atom. The van der Waals surface area contributed by atoms with E-state index in [1.165, 1.54) is 0 Å². The van der Waals surface area contributed by atoms with Gasteiger partial charge in [0.2, 0.25) is 5.89 Å². The molecule has 1 N–H and O–H groups in total. The highest BCUT2D eigenvalue weighted by Gasteiger charge is 2.02. The van der Waals surface area contributed by atoms with Crippen molar-refractivity contribution in [3.8, 4) is 0 Å². The Bertz CT molecular complexity index is 270. The summed E-state index contributed by atoms with van der Waals surface area (Å²) in [5, 5.41) is 6.94. The number of nitrogens with one attached hydrogen (secondary N) is 1. The summed E-state index contributed by atoms with van der Waals surface area (Å²) >= 11 is 0. The van der Waals surface area contributed by atoms with Gasteiger partial charge in [-0.3, -0.25) is 0 Å². The first-order valence-corrected chi connectivity index (χ1v) is 4.37. The van der Waals surface area contributed by atoms with Gasteiger partial charge in [-0.25, -0.2) is 0 Å². The molecule has 0 saturated heterocycles. The number of hydrogen-bond donors (Lipinski definition) is 1. The molecule has 1 heterocycles. The number of rotatable bonds is 5. The second-order valence-electron chi connectivity index (χ2n) is 2.96. The Labute approximate surface area is 78.0 Å². The zero-order valence-corrected chi connectivity index (χ0v) is 8.08. The summed E-state index contributed by atoms with van der Waals surface area (Å²) in [5.74, 6) is 1.37. The van der Waals surface area contributed by atoms with E-state index in [9.17, 15) is 0 Å². The molecule has 0 spiro atoms. The third-order valence-electron chi connectivity index (χ3n) is 1.73. The minimum atomic E-state index is 0.323. The molecule has 1 aromatic rings. The largest absolute Gasteiger partial charge is 0.339 e. The molecule has 0 aliphatic heterocycles. The first-order valence-electron chi connectivity index (χ1n) is 4.37. The molecule has 1 unspecified atom stereocenters. The van der Waals surface area contributed by atoms with E-state index in [0.717, 1.165) is 13.0 Å². The van der Waals surface area contributed by atoms with Crippen molar-refractivity contribution in [2.24, 2.45) is 0 Å². The fourth-order valence-electron chi connectivity index (χ4n) is 0.932. The highest BCUT2D eigenvalue weighted by Crippen LogP contribution is 1.95. The lowest BCUT2D eigenvalue weighted by atomic mass is 10.3. The van der Waals surface area contributed by atoms with Crippen molar-refractivity contribution in [3.63, 3.8) is 0 Å². The van der Waals surface area contributed by atoms with Crippen LogP contribution in [0.2, 0.25) is 0 Å². The molecule has 0 fully saturated rings. The van der Waals surface area contributed by atoms with Crippen LogP contribution in [0.25, 0.3) is 0 Å². The van der Waals surface area contributed by atoms with Gasteiger partial charge in [0.05, 0.1) is 0 Å². The Morgan fingerprint density at radius 3 is 3.00 bits per heavy atom. The Kier molecular flexibility index (Phi) is 3.64. The fraction of sp³-hybridized carbons (Fsp3) is 0.556. The first kappa shape index (κ1) is 9.92. The van der Waals surface area contributed by atoms with Crippen molar-refractivity contribution < 1.29 is 4.52 Å². The van der Waals surface area contributed by atoms with E-state index in [0.29, 0.717) is 17.8 Å². The molecule has 72 valence electrons. The third kappa shape index (κ3) is 3.38. The van der Waals surface area contributed by atoms with Crippen LogP contribution in [0.5, 0.6) is 0 Å². The quantitative estimate of drug-likeness (QED) is 0.691. The molecule has 4 nitrogen and oxygen atoms in total. The highest BCUT2D eigenvalue weighted by atomic mass is 16.5. The third-order valence-corrected chi connectivity index (χ3v) is 1.73. The maximum atomic E-state index is 4.95. The molecule has 1 atom stereocenters. The van der Waals surface area contributed by atoms with Gasteiger partial charge in [0, 0.05) is 19.0 Å². The highest BCUT2D eigenvalue weighted by molar-refractivity contribution is 4.86. The molecule has 4 heteroatoms. The van der Waals surface area contributed by atoms with Gasteiger partial charge in [-0.1, -0.05) is 11.2 Å². The van der Waals surface area contributed by atoms with Crippen molar-refractivity contribution in [2.45, 2.75) is 26.3 Å². The maximum absolute atomic E-state index is 4.95. The van der Waals surface area contributed by atoms with Crippen molar-refractivity contribution in [1.82, 2.24) is 15.5 Å². The second-order valence-corrected chi connectivity index (χ2v) is 2.96. The summed E-state index contributed by atoms with van der Waals surface area (Å²) in [6.45, 7) is 8.36. The minimum absolute atomic E-state index is 0.323. The molecule has 13 heavy (non-hydrogen) atoms. The molecular formula is C9H15N3O. The Balaban J connectivity index is 2.23. The molecule has 0 bridgehead atoms. The Hall–Kier alpha value is -1.16. The van der Waals surface area contributed by atoms with E-state index in [4.69, 9.17) is 4.52 Å². The lowest BCUT2D eigenvalue weighted by Gasteiger charge is -2.05. The summed E-state index contributed by atoms with van der Waals surface area (Å²) in [4.78, 5) is 4.09. The van der Waals surface area contributed by atoms with E-state index >= 15 is 0 Å². The van der Waals surface area contributed by atoms with Gasteiger partial charge in [0.1, 0.15) is 0 Å². The predicted octanol–water partition coefficient (Wildman–Crippen LogP) is 1.08. The molecule has 0 radical (unpaired) electrons. The lowest BCUT2D eigenvalue weighted by Crippen LogP contribution is -2.25. The molecule has 0 aliphatic carbocycles. The maximum Gasteiger partial charge on any atom is 0.227 e. The van der Waals surface area contributed by atoms with Gasteiger partial charge in [-0.2, -0.15) is 4.98 Å². The predicted molar refractivity (Wildman–Crippen MR) is 50.4 cm³/mol. The summed E-state index contributed by atoms with van der Waals surface area (Å²) in [6, 6.07) is 0.323. The zero-order chi connectivity index (χ0) is 9.68. The van der Waals surface area contributed by atoms with Crippen LogP contribution in [0.4, 0.5) is 0 Å². The number of aryl methyl sites for hydroxylation is 1. The summed E-state index contributed by atoms with van der Waals surface area (Å²) in [5.41, 5.74) is 0. The summed E-state index contributed by atoms with van der Waals surface area (Å²) in [7, 11) is 0. The van der Waals surface area contributed by atoms with Crippen LogP contribution >= 0.6 is 0 Å². The van der Waals surface area contributed by atoms with Gasteiger partial charge in [-0.15, -0.1) is 6.58 Å². The van der Waals surface area contributed by atoms with E-state index in [1.54, 1.807) is 0 Å². The smallest absolute Gasteiger partial charge is 0.227 e. The molecule has 0 aliphatic rings. The van der Waals surface area contributed by atoms with E-state index < -0.39 is 0 Å². The van der Waals surface area contributed by atoms with E-state index in [-0.39, 0.29) is 0 Å². The van der Waals surface area contributed by atoms with Crippen LogP contribution in [0.3, 0.4) is 0 Å². The van der Waals surface area contributed by atoms with Crippen LogP contribution in [0, 0.1) is 6.92 Å². The van der Waals surface area contributed by atoms with Gasteiger partial charge in [-0.05, 0) is 13.8 Å². The minimum Gasteiger partial charge on any atom is -0.339 e.